The first kappa shape index (κ1) is 20.6. The van der Waals surface area contributed by atoms with E-state index in [2.05, 4.69) is 20.8 Å². The first-order valence-electron chi connectivity index (χ1n) is 10.3. The van der Waals surface area contributed by atoms with Gasteiger partial charge in [0.1, 0.15) is 11.8 Å². The molecule has 2 aliphatic rings. The minimum absolute atomic E-state index is 0.0144. The highest BCUT2D eigenvalue weighted by atomic mass is 35.5. The first-order chi connectivity index (χ1) is 14.6. The number of hydrogen-bond acceptors (Lipinski definition) is 6. The van der Waals surface area contributed by atoms with Crippen molar-refractivity contribution in [3.8, 4) is 11.8 Å². The van der Waals surface area contributed by atoms with Crippen molar-refractivity contribution in [2.24, 2.45) is 5.92 Å². The number of nitrogens with one attached hydrogen (secondary N) is 2. The number of rotatable bonds is 5. The summed E-state index contributed by atoms with van der Waals surface area (Å²) in [5.41, 5.74) is 1.40. The molecule has 2 aromatic rings. The Bertz CT molecular complexity index is 930. The molecular formula is C22H24ClN5O2. The average Bonchev–Trinajstić information content (AvgIpc) is 3.30. The third kappa shape index (κ3) is 4.89. The summed E-state index contributed by atoms with van der Waals surface area (Å²) in [5, 5.41) is 24.0. The van der Waals surface area contributed by atoms with Gasteiger partial charge in [0, 0.05) is 24.4 Å². The Labute approximate surface area is 180 Å². The van der Waals surface area contributed by atoms with Crippen LogP contribution < -0.4 is 15.4 Å². The maximum Gasteiger partial charge on any atom is 0.228 e. The van der Waals surface area contributed by atoms with Crippen molar-refractivity contribution in [1.82, 2.24) is 15.5 Å². The summed E-state index contributed by atoms with van der Waals surface area (Å²) in [6.45, 7) is 1.94. The van der Waals surface area contributed by atoms with E-state index in [0.29, 0.717) is 28.1 Å². The van der Waals surface area contributed by atoms with Gasteiger partial charge in [0.25, 0.3) is 0 Å². The smallest absolute Gasteiger partial charge is 0.228 e. The van der Waals surface area contributed by atoms with E-state index < -0.39 is 0 Å². The molecule has 156 valence electrons. The van der Waals surface area contributed by atoms with Gasteiger partial charge in [-0.3, -0.25) is 4.79 Å². The predicted molar refractivity (Wildman–Crippen MR) is 113 cm³/mol. The highest BCUT2D eigenvalue weighted by Gasteiger charge is 2.28. The summed E-state index contributed by atoms with van der Waals surface area (Å²) in [4.78, 5) is 12.6. The zero-order valence-electron chi connectivity index (χ0n) is 16.6. The third-order valence-electron chi connectivity index (χ3n) is 5.82. The molecule has 2 fully saturated rings. The lowest BCUT2D eigenvalue weighted by Crippen LogP contribution is -2.31. The fourth-order valence-corrected chi connectivity index (χ4v) is 4.27. The third-order valence-corrected chi connectivity index (χ3v) is 6.14. The molecule has 0 radical (unpaired) electrons. The van der Waals surface area contributed by atoms with E-state index in [1.54, 1.807) is 18.2 Å². The Balaban J connectivity index is 1.26. The Kier molecular flexibility index (Phi) is 6.46. The molecule has 7 nitrogen and oxygen atoms in total. The number of halogens is 1. The van der Waals surface area contributed by atoms with Crippen LogP contribution in [-0.4, -0.2) is 35.3 Å². The largest absolute Gasteiger partial charge is 0.490 e. The van der Waals surface area contributed by atoms with E-state index >= 15 is 0 Å². The van der Waals surface area contributed by atoms with Gasteiger partial charge in [-0.05, 0) is 62.9 Å². The molecule has 30 heavy (non-hydrogen) atoms. The molecule has 1 aromatic carbocycles. The van der Waals surface area contributed by atoms with E-state index in [-0.39, 0.29) is 17.9 Å². The maximum atomic E-state index is 12.6. The average molecular weight is 426 g/mol. The number of amides is 1. The summed E-state index contributed by atoms with van der Waals surface area (Å²) in [6.07, 6.45) is 4.18. The Morgan fingerprint density at radius 2 is 2.00 bits per heavy atom. The molecule has 2 N–H and O–H groups in total. The fourth-order valence-electron chi connectivity index (χ4n) is 4.06. The van der Waals surface area contributed by atoms with Gasteiger partial charge in [-0.25, -0.2) is 0 Å². The number of ether oxygens (including phenoxy) is 1. The minimum atomic E-state index is -0.0603. The summed E-state index contributed by atoms with van der Waals surface area (Å²) in [6, 6.07) is 10.9. The van der Waals surface area contributed by atoms with Crippen LogP contribution in [0.5, 0.6) is 5.75 Å². The number of benzene rings is 1. The highest BCUT2D eigenvalue weighted by molar-refractivity contribution is 6.31. The zero-order valence-corrected chi connectivity index (χ0v) is 17.4. The van der Waals surface area contributed by atoms with Crippen LogP contribution in [0, 0.1) is 17.2 Å². The van der Waals surface area contributed by atoms with E-state index in [1.807, 2.05) is 18.2 Å². The topological polar surface area (TPSA) is 99.9 Å². The molecule has 1 aliphatic heterocycles. The Hall–Kier alpha value is -2.69. The van der Waals surface area contributed by atoms with Crippen LogP contribution in [0.1, 0.15) is 49.3 Å². The number of nitrogens with zero attached hydrogens (tertiary/aromatic N) is 3. The Morgan fingerprint density at radius 3 is 2.63 bits per heavy atom. The molecule has 0 spiro atoms. The van der Waals surface area contributed by atoms with Crippen LogP contribution in [0.15, 0.2) is 30.3 Å². The second kappa shape index (κ2) is 9.41. The van der Waals surface area contributed by atoms with Gasteiger partial charge in [-0.15, -0.1) is 5.10 Å². The number of carbonyl (C=O) groups excluding carboxylic acids is 1. The monoisotopic (exact) mass is 425 g/mol. The molecule has 1 amide bonds. The molecule has 1 saturated heterocycles. The van der Waals surface area contributed by atoms with Gasteiger partial charge in [0.05, 0.1) is 22.4 Å². The van der Waals surface area contributed by atoms with Crippen molar-refractivity contribution in [1.29, 1.82) is 5.26 Å². The standard InChI is InChI=1S/C22H24ClN5O2/c23-19-11-18(6-3-15(19)12-24)30-17-4-1-14(2-5-17)22(29)26-21-8-7-20(27-28-21)16-9-10-25-13-16/h3,6-8,11,14,16-17,25H,1-2,4-5,9-10,13H2,(H,26,28,29). The summed E-state index contributed by atoms with van der Waals surface area (Å²) in [7, 11) is 0. The number of anilines is 1. The quantitative estimate of drug-likeness (QED) is 0.758. The lowest BCUT2D eigenvalue weighted by Gasteiger charge is -2.28. The van der Waals surface area contributed by atoms with E-state index in [1.165, 1.54) is 0 Å². The van der Waals surface area contributed by atoms with Crippen molar-refractivity contribution < 1.29 is 9.53 Å². The SMILES string of the molecule is N#Cc1ccc(OC2CCC(C(=O)Nc3ccc(C4CCNC4)nn3)CC2)cc1Cl. The van der Waals surface area contributed by atoms with Gasteiger partial charge in [0.2, 0.25) is 5.91 Å². The lowest BCUT2D eigenvalue weighted by molar-refractivity contribution is -0.121. The molecule has 1 aliphatic carbocycles. The van der Waals surface area contributed by atoms with E-state index in [0.717, 1.165) is 50.9 Å². The zero-order chi connectivity index (χ0) is 20.9. The molecular weight excluding hydrogens is 402 g/mol. The maximum absolute atomic E-state index is 12.6. The van der Waals surface area contributed by atoms with Gasteiger partial charge >= 0.3 is 0 Å². The molecule has 2 heterocycles. The molecule has 1 saturated carbocycles. The van der Waals surface area contributed by atoms with E-state index in [4.69, 9.17) is 21.6 Å². The van der Waals surface area contributed by atoms with E-state index in [9.17, 15) is 4.79 Å². The van der Waals surface area contributed by atoms with Gasteiger partial charge < -0.3 is 15.4 Å². The number of carbonyl (C=O) groups is 1. The molecule has 0 bridgehead atoms. The fraction of sp³-hybridized carbons (Fsp3) is 0.455. The normalized spacial score (nSPS) is 23.5. The molecule has 4 rings (SSSR count). The Morgan fingerprint density at radius 1 is 1.17 bits per heavy atom. The van der Waals surface area contributed by atoms with Crippen LogP contribution in [0.2, 0.25) is 5.02 Å². The van der Waals surface area contributed by atoms with Gasteiger partial charge in [-0.2, -0.15) is 10.4 Å². The van der Waals surface area contributed by atoms with Gasteiger partial charge in [-0.1, -0.05) is 11.6 Å². The number of nitriles is 1. The minimum Gasteiger partial charge on any atom is -0.490 e. The highest BCUT2D eigenvalue weighted by Crippen LogP contribution is 2.30. The van der Waals surface area contributed by atoms with Crippen LogP contribution in [0.4, 0.5) is 5.82 Å². The number of hydrogen-bond donors (Lipinski definition) is 2. The van der Waals surface area contributed by atoms with Crippen LogP contribution >= 0.6 is 11.6 Å². The van der Waals surface area contributed by atoms with Crippen LogP contribution in [0.25, 0.3) is 0 Å². The van der Waals surface area contributed by atoms with Crippen molar-refractivity contribution in [3.63, 3.8) is 0 Å². The van der Waals surface area contributed by atoms with Crippen LogP contribution in [-0.2, 0) is 4.79 Å². The number of aromatic nitrogens is 2. The molecule has 8 heteroatoms. The second-order valence-electron chi connectivity index (χ2n) is 7.87. The van der Waals surface area contributed by atoms with Gasteiger partial charge in [0.15, 0.2) is 5.82 Å². The lowest BCUT2D eigenvalue weighted by atomic mass is 9.86. The summed E-state index contributed by atoms with van der Waals surface area (Å²) < 4.78 is 5.99. The molecule has 1 aromatic heterocycles. The predicted octanol–water partition coefficient (Wildman–Crippen LogP) is 3.65. The first-order valence-corrected chi connectivity index (χ1v) is 10.7. The molecule has 1 atom stereocenters. The molecule has 1 unspecified atom stereocenters. The van der Waals surface area contributed by atoms with Crippen molar-refractivity contribution in [3.05, 3.63) is 46.6 Å². The van der Waals surface area contributed by atoms with Crippen LogP contribution in [0.3, 0.4) is 0 Å². The van der Waals surface area contributed by atoms with Crippen molar-refractivity contribution in [2.45, 2.75) is 44.1 Å². The summed E-state index contributed by atoms with van der Waals surface area (Å²) >= 11 is 6.07. The second-order valence-corrected chi connectivity index (χ2v) is 8.27. The van der Waals surface area contributed by atoms with Crippen molar-refractivity contribution in [2.75, 3.05) is 18.4 Å². The summed E-state index contributed by atoms with van der Waals surface area (Å²) in [5.74, 6) is 1.48. The van der Waals surface area contributed by atoms with Crippen molar-refractivity contribution >= 4 is 23.3 Å².